The van der Waals surface area contributed by atoms with Gasteiger partial charge in [0.1, 0.15) is 30.4 Å². The molecule has 0 N–H and O–H groups in total. The maximum Gasteiger partial charge on any atom is 1.00 e. The summed E-state index contributed by atoms with van der Waals surface area (Å²) in [6, 6.07) is 2.05. The van der Waals surface area contributed by atoms with E-state index in [1.54, 1.807) is 0 Å². The van der Waals surface area contributed by atoms with Crippen molar-refractivity contribution in [3.05, 3.63) is 107 Å². The van der Waals surface area contributed by atoms with Crippen LogP contribution in [-0.2, 0) is 70.7 Å². The summed E-state index contributed by atoms with van der Waals surface area (Å²) in [5, 5.41) is 0. The molecule has 0 aliphatic rings. The summed E-state index contributed by atoms with van der Waals surface area (Å²) in [5.74, 6) is -19.9. The number of hydrogen-bond donors (Lipinski definition) is 0. The van der Waals surface area contributed by atoms with Gasteiger partial charge in [0.15, 0.2) is 0 Å². The molecule has 0 aliphatic heterocycles. The molecule has 3 aromatic heterocycles. The normalized spacial score (nSPS) is 9.96. The van der Waals surface area contributed by atoms with Crippen LogP contribution in [0, 0.1) is 70.3 Å². The Bertz CT molecular complexity index is 1570. The van der Waals surface area contributed by atoms with E-state index in [9.17, 15) is 48.7 Å². The van der Waals surface area contributed by atoms with E-state index >= 15 is 0 Å². The minimum atomic E-state index is -2.17. The van der Waals surface area contributed by atoms with Crippen LogP contribution in [0.25, 0.3) is 0 Å². The van der Waals surface area contributed by atoms with Crippen molar-refractivity contribution < 1.29 is 93.5 Å². The third-order valence-electron chi connectivity index (χ3n) is 4.97. The van der Waals surface area contributed by atoms with Crippen LogP contribution in [0.2, 0.25) is 0 Å². The second kappa shape index (κ2) is 19.7. The maximum absolute atomic E-state index is 12.0. The number of imidazole rings is 3. The van der Waals surface area contributed by atoms with Crippen molar-refractivity contribution in [1.82, 2.24) is 28.7 Å². The van der Waals surface area contributed by atoms with Crippen molar-refractivity contribution in [2.24, 2.45) is 21.1 Å². The second-order valence-corrected chi connectivity index (χ2v) is 10.5. The molecular weight excluding hydrogens is 1040 g/mol. The van der Waals surface area contributed by atoms with Crippen LogP contribution in [0.15, 0.2) is 37.2 Å². The Balaban J connectivity index is 0.000000658. The average Bonchev–Trinajstić information content (AvgIpc) is 3.72. The molecule has 0 fully saturated rings. The van der Waals surface area contributed by atoms with E-state index in [1.165, 1.54) is 13.8 Å². The first-order chi connectivity index (χ1) is 21.0. The predicted octanol–water partition coefficient (Wildman–Crippen LogP) is 4.60. The molecule has 262 valence electrons. The number of ketones is 1. The average molecular weight is 1060 g/mol. The minimum Gasteiger partial charge on any atom is -0.334 e. The number of Topliss-reactive ketones (excluding diaryl/α,β-unsaturated/α-hetero) is 1. The number of carbonyl (C=O) groups is 1. The second-order valence-electron chi connectivity index (χ2n) is 8.65. The van der Waals surface area contributed by atoms with E-state index < -0.39 is 66.1 Å². The van der Waals surface area contributed by atoms with Crippen molar-refractivity contribution in [3.8, 4) is 0 Å². The number of aryl methyl sites for hydroxylation is 3. The number of carbonyl (C=O) groups excluding carboxylic acids is 1. The van der Waals surface area contributed by atoms with Crippen LogP contribution < -0.4 is 16.7 Å². The van der Waals surface area contributed by atoms with Crippen molar-refractivity contribution >= 4 is 30.4 Å². The molecular formula is C27H21Au2F10N6OP. The standard InChI is InChI=1S/C12H15N6P.2C6F5.C3H6O.2Au/c1-16-7-4-13-10(16)19(11-14-5-8-17(11)2)12-15-6-9-18(12)3;2*7-2-1-3(8)5(10)6(11)4(2)9;1-3(2)4;;/h4-9H,1-3H3;;;1-2H3;;/q;2*-1;;2*+1. The summed E-state index contributed by atoms with van der Waals surface area (Å²) in [4.78, 5) is 22.9. The number of aromatic nitrogens is 6. The smallest absolute Gasteiger partial charge is 0.334 e. The Morgan fingerprint density at radius 1 is 0.532 bits per heavy atom. The molecule has 0 radical (unpaired) electrons. The van der Waals surface area contributed by atoms with Gasteiger partial charge in [-0.05, 0) is 13.8 Å². The van der Waals surface area contributed by atoms with E-state index in [1.807, 2.05) is 72.0 Å². The van der Waals surface area contributed by atoms with Gasteiger partial charge in [-0.2, -0.15) is 0 Å². The van der Waals surface area contributed by atoms with Crippen molar-refractivity contribution in [2.45, 2.75) is 13.8 Å². The van der Waals surface area contributed by atoms with Gasteiger partial charge < -0.3 is 18.5 Å². The van der Waals surface area contributed by atoms with Crippen LogP contribution >= 0.6 is 7.92 Å². The molecule has 0 spiro atoms. The number of hydrogen-bond acceptors (Lipinski definition) is 4. The van der Waals surface area contributed by atoms with Gasteiger partial charge in [0.25, 0.3) is 0 Å². The molecule has 47 heavy (non-hydrogen) atoms. The number of benzene rings is 2. The fourth-order valence-corrected chi connectivity index (χ4v) is 5.21. The largest absolute Gasteiger partial charge is 1.00 e. The Labute approximate surface area is 293 Å². The van der Waals surface area contributed by atoms with Crippen molar-refractivity contribution in [2.75, 3.05) is 0 Å². The molecule has 0 saturated carbocycles. The Morgan fingerprint density at radius 2 is 0.745 bits per heavy atom. The third-order valence-corrected chi connectivity index (χ3v) is 7.46. The van der Waals surface area contributed by atoms with Crippen LogP contribution in [-0.4, -0.2) is 34.4 Å². The van der Waals surface area contributed by atoms with Gasteiger partial charge in [-0.3, -0.25) is 17.6 Å². The van der Waals surface area contributed by atoms with Gasteiger partial charge in [0.2, 0.25) is 0 Å². The van der Waals surface area contributed by atoms with Crippen molar-refractivity contribution in [3.63, 3.8) is 0 Å². The fraction of sp³-hybridized carbons (Fsp3) is 0.185. The monoisotopic (exact) mass is 1060 g/mol. The van der Waals surface area contributed by atoms with Gasteiger partial charge in [-0.1, -0.05) is 0 Å². The van der Waals surface area contributed by atoms with Crippen molar-refractivity contribution in [1.29, 1.82) is 0 Å². The van der Waals surface area contributed by atoms with Crippen LogP contribution in [0.4, 0.5) is 43.9 Å². The first-order valence-electron chi connectivity index (χ1n) is 12.0. The predicted molar refractivity (Wildman–Crippen MR) is 142 cm³/mol. The van der Waals surface area contributed by atoms with E-state index in [0.717, 1.165) is 28.8 Å². The topological polar surface area (TPSA) is 70.5 Å². The fourth-order valence-electron chi connectivity index (χ4n) is 2.98. The zero-order valence-corrected chi connectivity index (χ0v) is 29.6. The van der Waals surface area contributed by atoms with E-state index in [4.69, 9.17) is 0 Å². The summed E-state index contributed by atoms with van der Waals surface area (Å²) in [5.41, 5.74) is 3.00. The zero-order chi connectivity index (χ0) is 34.2. The zero-order valence-electron chi connectivity index (χ0n) is 24.4. The van der Waals surface area contributed by atoms with Gasteiger partial charge >= 0.3 is 44.8 Å². The van der Waals surface area contributed by atoms with Crippen LogP contribution in [0.5, 0.6) is 0 Å². The van der Waals surface area contributed by atoms with E-state index in [2.05, 4.69) is 15.0 Å². The molecule has 5 aromatic rings. The Morgan fingerprint density at radius 3 is 0.915 bits per heavy atom. The van der Waals surface area contributed by atoms with Crippen LogP contribution in [0.3, 0.4) is 0 Å². The molecule has 0 amide bonds. The van der Waals surface area contributed by atoms with Gasteiger partial charge in [-0.25, -0.2) is 41.3 Å². The molecule has 0 aliphatic carbocycles. The molecule has 2 aromatic carbocycles. The van der Waals surface area contributed by atoms with Crippen LogP contribution in [0.1, 0.15) is 13.8 Å². The summed E-state index contributed by atoms with van der Waals surface area (Å²) < 4.78 is 126. The molecule has 5 rings (SSSR count). The minimum absolute atomic E-state index is 0. The van der Waals surface area contributed by atoms with E-state index in [0.29, 0.717) is 0 Å². The summed E-state index contributed by atoms with van der Waals surface area (Å²) in [6.07, 6.45) is 11.3. The SMILES string of the molecule is CC(C)=O.Cn1ccnc1P(c1nccn1C)c1nccn1C.Fc1[c-]c(F)c(F)c(F)c1F.Fc1[c-]c(F)c(F)c(F)c1F.[Au+].[Au+]. The number of nitrogens with zero attached hydrogens (tertiary/aromatic N) is 6. The maximum atomic E-state index is 12.0. The molecule has 0 saturated heterocycles. The summed E-state index contributed by atoms with van der Waals surface area (Å²) in [7, 11) is 5.17. The third kappa shape index (κ3) is 11.6. The molecule has 0 bridgehead atoms. The van der Waals surface area contributed by atoms with Gasteiger partial charge in [0, 0.05) is 58.3 Å². The first-order valence-corrected chi connectivity index (χ1v) is 13.3. The van der Waals surface area contributed by atoms with Gasteiger partial charge in [-0.15, -0.1) is 12.1 Å². The molecule has 0 unspecified atom stereocenters. The summed E-state index contributed by atoms with van der Waals surface area (Å²) >= 11 is 0. The van der Waals surface area contributed by atoms with Gasteiger partial charge in [0.05, 0.1) is 58.2 Å². The van der Waals surface area contributed by atoms with E-state index in [-0.39, 0.29) is 50.5 Å². The molecule has 0 atom stereocenters. The Hall–Kier alpha value is -3.05. The molecule has 3 heterocycles. The summed E-state index contributed by atoms with van der Waals surface area (Å²) in [6.45, 7) is 3.06. The number of rotatable bonds is 3. The first kappa shape index (κ1) is 44.0. The number of halogens is 10. The molecule has 20 heteroatoms. The quantitative estimate of drug-likeness (QED) is 0.0663. The molecule has 7 nitrogen and oxygen atoms in total. The Kier molecular flexibility index (Phi) is 18.4.